The van der Waals surface area contributed by atoms with Crippen LogP contribution in [0.3, 0.4) is 0 Å². The monoisotopic (exact) mass is 320 g/mol. The molecule has 0 bridgehead atoms. The van der Waals surface area contributed by atoms with Gasteiger partial charge in [0.2, 0.25) is 5.91 Å². The molecular formula is C21H24N2O. The molecule has 0 aliphatic carbocycles. The van der Waals surface area contributed by atoms with Gasteiger partial charge in [-0.05, 0) is 43.9 Å². The first-order valence-electron chi connectivity index (χ1n) is 8.76. The van der Waals surface area contributed by atoms with E-state index < -0.39 is 5.41 Å². The van der Waals surface area contributed by atoms with Gasteiger partial charge in [0.25, 0.3) is 0 Å². The molecule has 2 aliphatic heterocycles. The maximum absolute atomic E-state index is 13.0. The molecule has 4 rings (SSSR count). The predicted molar refractivity (Wildman–Crippen MR) is 97.2 cm³/mol. The van der Waals surface area contributed by atoms with Crippen molar-refractivity contribution in [2.24, 2.45) is 0 Å². The minimum Gasteiger partial charge on any atom is -0.325 e. The molecule has 3 heteroatoms. The number of hydrogen-bond donors (Lipinski definition) is 1. The Hall–Kier alpha value is -2.13. The number of amides is 1. The fourth-order valence-corrected chi connectivity index (χ4v) is 4.63. The average Bonchev–Trinajstić information content (AvgIpc) is 3.03. The van der Waals surface area contributed by atoms with Gasteiger partial charge in [0.15, 0.2) is 0 Å². The Labute approximate surface area is 143 Å². The van der Waals surface area contributed by atoms with Crippen LogP contribution in [0.1, 0.15) is 31.4 Å². The summed E-state index contributed by atoms with van der Waals surface area (Å²) in [5.74, 6) is 0.163. The summed E-state index contributed by atoms with van der Waals surface area (Å²) in [4.78, 5) is 15.4. The molecule has 124 valence electrons. The van der Waals surface area contributed by atoms with E-state index >= 15 is 0 Å². The molecular weight excluding hydrogens is 296 g/mol. The second kappa shape index (κ2) is 5.45. The van der Waals surface area contributed by atoms with Gasteiger partial charge in [-0.25, -0.2) is 0 Å². The van der Waals surface area contributed by atoms with Crippen LogP contribution in [0.25, 0.3) is 0 Å². The first-order valence-corrected chi connectivity index (χ1v) is 8.76. The largest absolute Gasteiger partial charge is 0.325 e. The minimum atomic E-state index is -0.430. The van der Waals surface area contributed by atoms with Crippen molar-refractivity contribution < 1.29 is 4.79 Å². The lowest BCUT2D eigenvalue weighted by atomic mass is 9.68. The second-order valence-corrected chi connectivity index (χ2v) is 7.44. The van der Waals surface area contributed by atoms with Crippen LogP contribution in [0.2, 0.25) is 0 Å². The molecule has 1 unspecified atom stereocenters. The number of fused-ring (bicyclic) bond motifs is 2. The summed E-state index contributed by atoms with van der Waals surface area (Å²) >= 11 is 0. The third-order valence-electron chi connectivity index (χ3n) is 6.13. The maximum atomic E-state index is 13.0. The Kier molecular flexibility index (Phi) is 3.50. The predicted octanol–water partition coefficient (Wildman–Crippen LogP) is 3.60. The van der Waals surface area contributed by atoms with Crippen molar-refractivity contribution in [1.82, 2.24) is 4.90 Å². The van der Waals surface area contributed by atoms with Gasteiger partial charge in [-0.1, -0.05) is 48.5 Å². The zero-order chi connectivity index (χ0) is 16.8. The molecule has 2 aromatic rings. The number of benzene rings is 2. The highest BCUT2D eigenvalue weighted by molar-refractivity contribution is 6.07. The number of likely N-dealkylation sites (tertiary alicyclic amines) is 1. The van der Waals surface area contributed by atoms with Crippen LogP contribution in [-0.2, 0) is 16.6 Å². The van der Waals surface area contributed by atoms with Crippen molar-refractivity contribution in [3.63, 3.8) is 0 Å². The van der Waals surface area contributed by atoms with Crippen LogP contribution in [0.4, 0.5) is 5.69 Å². The number of rotatable bonds is 3. The van der Waals surface area contributed by atoms with Crippen LogP contribution in [0.15, 0.2) is 54.6 Å². The Bertz CT molecular complexity index is 768. The van der Waals surface area contributed by atoms with Crippen molar-refractivity contribution in [3.8, 4) is 0 Å². The van der Waals surface area contributed by atoms with Crippen LogP contribution >= 0.6 is 0 Å². The van der Waals surface area contributed by atoms with Gasteiger partial charge in [-0.3, -0.25) is 9.69 Å². The van der Waals surface area contributed by atoms with Crippen LogP contribution in [-0.4, -0.2) is 29.4 Å². The maximum Gasteiger partial charge on any atom is 0.237 e. The molecule has 2 aliphatic rings. The van der Waals surface area contributed by atoms with E-state index in [-0.39, 0.29) is 11.4 Å². The Morgan fingerprint density at radius 2 is 1.75 bits per heavy atom. The number of nitrogens with one attached hydrogen (secondary N) is 1. The Morgan fingerprint density at radius 3 is 2.54 bits per heavy atom. The van der Waals surface area contributed by atoms with E-state index in [1.807, 2.05) is 18.2 Å². The average molecular weight is 320 g/mol. The first-order chi connectivity index (χ1) is 11.6. The van der Waals surface area contributed by atoms with Crippen molar-refractivity contribution in [2.75, 3.05) is 18.4 Å². The summed E-state index contributed by atoms with van der Waals surface area (Å²) in [7, 11) is 0. The SMILES string of the molecule is CC1(C)N(CCc2ccccc2)CCC12C(=O)Nc1ccccc12. The Morgan fingerprint density at radius 1 is 1.04 bits per heavy atom. The summed E-state index contributed by atoms with van der Waals surface area (Å²) in [5, 5.41) is 3.11. The van der Waals surface area contributed by atoms with Gasteiger partial charge >= 0.3 is 0 Å². The molecule has 1 spiro atoms. The van der Waals surface area contributed by atoms with Gasteiger partial charge in [0, 0.05) is 24.3 Å². The molecule has 1 amide bonds. The number of carbonyl (C=O) groups excluding carboxylic acids is 1. The molecule has 1 fully saturated rings. The van der Waals surface area contributed by atoms with Gasteiger partial charge in [0.05, 0.1) is 5.41 Å². The van der Waals surface area contributed by atoms with Crippen molar-refractivity contribution in [3.05, 3.63) is 65.7 Å². The van der Waals surface area contributed by atoms with Crippen molar-refractivity contribution in [1.29, 1.82) is 0 Å². The summed E-state index contributed by atoms with van der Waals surface area (Å²) < 4.78 is 0. The Balaban J connectivity index is 1.62. The lowest BCUT2D eigenvalue weighted by molar-refractivity contribution is -0.123. The highest BCUT2D eigenvalue weighted by Crippen LogP contribution is 2.53. The van der Waals surface area contributed by atoms with Gasteiger partial charge in [-0.15, -0.1) is 0 Å². The molecule has 1 atom stereocenters. The first kappa shape index (κ1) is 15.4. The molecule has 2 aromatic carbocycles. The van der Waals surface area contributed by atoms with Crippen LogP contribution in [0.5, 0.6) is 0 Å². The van der Waals surface area contributed by atoms with Gasteiger partial charge < -0.3 is 5.32 Å². The summed E-state index contributed by atoms with van der Waals surface area (Å²) in [6, 6.07) is 18.8. The lowest BCUT2D eigenvalue weighted by Gasteiger charge is -2.42. The van der Waals surface area contributed by atoms with Crippen LogP contribution < -0.4 is 5.32 Å². The topological polar surface area (TPSA) is 32.3 Å². The van der Waals surface area contributed by atoms with Gasteiger partial charge in [0.1, 0.15) is 0 Å². The van der Waals surface area contributed by atoms with E-state index in [0.29, 0.717) is 0 Å². The molecule has 0 radical (unpaired) electrons. The molecule has 0 saturated carbocycles. The highest BCUT2D eigenvalue weighted by Gasteiger charge is 2.61. The summed E-state index contributed by atoms with van der Waals surface area (Å²) in [6.07, 6.45) is 1.90. The lowest BCUT2D eigenvalue weighted by Crippen LogP contribution is -2.55. The molecule has 3 nitrogen and oxygen atoms in total. The molecule has 1 N–H and O–H groups in total. The van der Waals surface area contributed by atoms with Gasteiger partial charge in [-0.2, -0.15) is 0 Å². The second-order valence-electron chi connectivity index (χ2n) is 7.44. The summed E-state index contributed by atoms with van der Waals surface area (Å²) in [5.41, 5.74) is 2.88. The van der Waals surface area contributed by atoms with E-state index in [1.165, 1.54) is 11.1 Å². The standard InChI is InChI=1S/C21H24N2O/c1-20(2)21(17-10-6-7-11-18(17)22-19(21)24)13-15-23(20)14-12-16-8-4-3-5-9-16/h3-11H,12-15H2,1-2H3,(H,22,24). The van der Waals surface area contributed by atoms with Crippen LogP contribution in [0, 0.1) is 0 Å². The minimum absolute atomic E-state index is 0.163. The molecule has 24 heavy (non-hydrogen) atoms. The number of para-hydroxylation sites is 1. The fourth-order valence-electron chi connectivity index (χ4n) is 4.63. The third kappa shape index (κ3) is 2.04. The van der Waals surface area contributed by atoms with E-state index in [1.54, 1.807) is 0 Å². The van der Waals surface area contributed by atoms with E-state index in [0.717, 1.165) is 31.6 Å². The molecule has 2 heterocycles. The third-order valence-corrected chi connectivity index (χ3v) is 6.13. The van der Waals surface area contributed by atoms with E-state index in [4.69, 9.17) is 0 Å². The van der Waals surface area contributed by atoms with Crippen molar-refractivity contribution >= 4 is 11.6 Å². The number of carbonyl (C=O) groups is 1. The molecule has 0 aromatic heterocycles. The normalized spacial score (nSPS) is 25.0. The van der Waals surface area contributed by atoms with E-state index in [2.05, 4.69) is 60.5 Å². The fraction of sp³-hybridized carbons (Fsp3) is 0.381. The zero-order valence-corrected chi connectivity index (χ0v) is 14.4. The number of hydrogen-bond acceptors (Lipinski definition) is 2. The number of nitrogens with zero attached hydrogens (tertiary/aromatic N) is 1. The number of anilines is 1. The smallest absolute Gasteiger partial charge is 0.237 e. The van der Waals surface area contributed by atoms with E-state index in [9.17, 15) is 4.79 Å². The van der Waals surface area contributed by atoms with Crippen molar-refractivity contribution in [2.45, 2.75) is 37.6 Å². The highest BCUT2D eigenvalue weighted by atomic mass is 16.2. The molecule has 1 saturated heterocycles. The zero-order valence-electron chi connectivity index (χ0n) is 14.4. The quantitative estimate of drug-likeness (QED) is 0.937. The summed E-state index contributed by atoms with van der Waals surface area (Å²) in [6.45, 7) is 6.40.